The van der Waals surface area contributed by atoms with Crippen LogP contribution >= 0.6 is 15.9 Å². The van der Waals surface area contributed by atoms with Gasteiger partial charge in [0.1, 0.15) is 5.82 Å². The fourth-order valence-corrected chi connectivity index (χ4v) is 1.44. The quantitative estimate of drug-likeness (QED) is 0.917. The van der Waals surface area contributed by atoms with Crippen LogP contribution in [-0.4, -0.2) is 9.97 Å². The van der Waals surface area contributed by atoms with Gasteiger partial charge in [-0.15, -0.1) is 0 Å². The molecule has 16 heavy (non-hydrogen) atoms. The standard InChI is InChI=1S/C11H9BrFN3/c1-7-2-3-9(13)10(4-7)16-11-14-5-8(12)6-15-11/h2-6H,1H3,(H,14,15,16). The van der Waals surface area contributed by atoms with Gasteiger partial charge in [-0.3, -0.25) is 0 Å². The monoisotopic (exact) mass is 281 g/mol. The number of nitrogens with one attached hydrogen (secondary N) is 1. The molecule has 0 aliphatic heterocycles. The van der Waals surface area contributed by atoms with Gasteiger partial charge in [-0.05, 0) is 40.5 Å². The Bertz CT molecular complexity index is 499. The summed E-state index contributed by atoms with van der Waals surface area (Å²) in [5, 5.41) is 2.82. The Morgan fingerprint density at radius 2 is 1.94 bits per heavy atom. The fourth-order valence-electron chi connectivity index (χ4n) is 1.23. The molecule has 0 fully saturated rings. The minimum Gasteiger partial charge on any atom is -0.322 e. The van der Waals surface area contributed by atoms with Gasteiger partial charge < -0.3 is 5.32 Å². The van der Waals surface area contributed by atoms with Crippen molar-refractivity contribution in [3.8, 4) is 0 Å². The molecule has 82 valence electrons. The average Bonchev–Trinajstić information content (AvgIpc) is 2.27. The average molecular weight is 282 g/mol. The highest BCUT2D eigenvalue weighted by Gasteiger charge is 2.03. The highest BCUT2D eigenvalue weighted by atomic mass is 79.9. The summed E-state index contributed by atoms with van der Waals surface area (Å²) in [6.07, 6.45) is 3.20. The van der Waals surface area contributed by atoms with Gasteiger partial charge in [0.2, 0.25) is 5.95 Å². The molecule has 3 nitrogen and oxygen atoms in total. The first-order valence-corrected chi connectivity index (χ1v) is 5.45. The van der Waals surface area contributed by atoms with Crippen molar-refractivity contribution >= 4 is 27.6 Å². The zero-order chi connectivity index (χ0) is 11.5. The normalized spacial score (nSPS) is 10.2. The lowest BCUT2D eigenvalue weighted by molar-refractivity contribution is 0.631. The smallest absolute Gasteiger partial charge is 0.227 e. The van der Waals surface area contributed by atoms with Crippen molar-refractivity contribution < 1.29 is 4.39 Å². The molecular weight excluding hydrogens is 273 g/mol. The minimum absolute atomic E-state index is 0.322. The predicted octanol–water partition coefficient (Wildman–Crippen LogP) is 3.43. The van der Waals surface area contributed by atoms with Gasteiger partial charge >= 0.3 is 0 Å². The molecule has 1 N–H and O–H groups in total. The highest BCUT2D eigenvalue weighted by molar-refractivity contribution is 9.10. The maximum atomic E-state index is 13.4. The third kappa shape index (κ3) is 2.55. The Labute approximate surface area is 101 Å². The van der Waals surface area contributed by atoms with Crippen LogP contribution in [0.25, 0.3) is 0 Å². The van der Waals surface area contributed by atoms with Crippen molar-refractivity contribution in [2.45, 2.75) is 6.92 Å². The van der Waals surface area contributed by atoms with Gasteiger partial charge in [-0.25, -0.2) is 14.4 Å². The second kappa shape index (κ2) is 4.57. The molecule has 5 heteroatoms. The highest BCUT2D eigenvalue weighted by Crippen LogP contribution is 2.19. The SMILES string of the molecule is Cc1ccc(F)c(Nc2ncc(Br)cn2)c1. The van der Waals surface area contributed by atoms with Gasteiger partial charge in [0.05, 0.1) is 10.2 Å². The molecule has 0 bridgehead atoms. The van der Waals surface area contributed by atoms with Gasteiger partial charge in [-0.2, -0.15) is 0 Å². The zero-order valence-electron chi connectivity index (χ0n) is 8.54. The second-order valence-electron chi connectivity index (χ2n) is 3.33. The van der Waals surface area contributed by atoms with Crippen LogP contribution in [0.15, 0.2) is 35.1 Å². The molecule has 0 radical (unpaired) electrons. The summed E-state index contributed by atoms with van der Waals surface area (Å²) in [7, 11) is 0. The molecule has 0 amide bonds. The molecule has 1 aromatic heterocycles. The Hall–Kier alpha value is -1.49. The van der Waals surface area contributed by atoms with E-state index in [0.717, 1.165) is 10.0 Å². The van der Waals surface area contributed by atoms with Gasteiger partial charge in [0.15, 0.2) is 0 Å². The summed E-state index contributed by atoms with van der Waals surface area (Å²) in [5.74, 6) is 0.0461. The molecule has 0 spiro atoms. The Balaban J connectivity index is 2.26. The second-order valence-corrected chi connectivity index (χ2v) is 4.25. The summed E-state index contributed by atoms with van der Waals surface area (Å²) in [6.45, 7) is 1.90. The number of aromatic nitrogens is 2. The largest absolute Gasteiger partial charge is 0.322 e. The van der Waals surface area contributed by atoms with Crippen LogP contribution in [0.1, 0.15) is 5.56 Å². The van der Waals surface area contributed by atoms with Gasteiger partial charge in [0, 0.05) is 12.4 Å². The number of rotatable bonds is 2. The summed E-state index contributed by atoms with van der Waals surface area (Å²) in [6, 6.07) is 4.83. The van der Waals surface area contributed by atoms with E-state index in [4.69, 9.17) is 0 Å². The first kappa shape index (κ1) is 11.0. The fraction of sp³-hybridized carbons (Fsp3) is 0.0909. The van der Waals surface area contributed by atoms with Crippen molar-refractivity contribution in [2.24, 2.45) is 0 Å². The van der Waals surface area contributed by atoms with Crippen LogP contribution in [0.5, 0.6) is 0 Å². The topological polar surface area (TPSA) is 37.8 Å². The molecule has 2 aromatic rings. The van der Waals surface area contributed by atoms with E-state index in [2.05, 4.69) is 31.2 Å². The van der Waals surface area contributed by atoms with E-state index >= 15 is 0 Å². The van der Waals surface area contributed by atoms with E-state index in [0.29, 0.717) is 11.6 Å². The van der Waals surface area contributed by atoms with Gasteiger partial charge in [-0.1, -0.05) is 6.07 Å². The number of hydrogen-bond acceptors (Lipinski definition) is 3. The van der Waals surface area contributed by atoms with E-state index in [1.807, 2.05) is 6.92 Å². The number of aryl methyl sites for hydroxylation is 1. The lowest BCUT2D eigenvalue weighted by Crippen LogP contribution is -1.98. The summed E-state index contributed by atoms with van der Waals surface area (Å²) >= 11 is 3.23. The molecule has 0 saturated heterocycles. The molecule has 0 aliphatic carbocycles. The number of halogens is 2. The van der Waals surface area contributed by atoms with Crippen molar-refractivity contribution in [2.75, 3.05) is 5.32 Å². The van der Waals surface area contributed by atoms with Crippen LogP contribution in [0.2, 0.25) is 0 Å². The molecule has 1 heterocycles. The minimum atomic E-state index is -0.322. The van der Waals surface area contributed by atoms with Crippen molar-refractivity contribution in [1.82, 2.24) is 9.97 Å². The Morgan fingerprint density at radius 1 is 1.25 bits per heavy atom. The van der Waals surface area contributed by atoms with E-state index in [9.17, 15) is 4.39 Å². The van der Waals surface area contributed by atoms with Crippen LogP contribution in [0.4, 0.5) is 16.0 Å². The molecular formula is C11H9BrFN3. The zero-order valence-corrected chi connectivity index (χ0v) is 10.1. The number of nitrogens with zero attached hydrogens (tertiary/aromatic N) is 2. The first-order chi connectivity index (χ1) is 7.65. The van der Waals surface area contributed by atoms with E-state index in [1.165, 1.54) is 6.07 Å². The number of hydrogen-bond donors (Lipinski definition) is 1. The van der Waals surface area contributed by atoms with Gasteiger partial charge in [0.25, 0.3) is 0 Å². The third-order valence-corrected chi connectivity index (χ3v) is 2.40. The summed E-state index contributed by atoms with van der Waals surface area (Å²) in [5.41, 5.74) is 1.35. The summed E-state index contributed by atoms with van der Waals surface area (Å²) < 4.78 is 14.2. The number of anilines is 2. The van der Waals surface area contributed by atoms with Crippen LogP contribution in [0.3, 0.4) is 0 Å². The third-order valence-electron chi connectivity index (χ3n) is 1.99. The lowest BCUT2D eigenvalue weighted by atomic mass is 10.2. The molecule has 0 unspecified atom stereocenters. The van der Waals surface area contributed by atoms with E-state index in [-0.39, 0.29) is 5.82 Å². The van der Waals surface area contributed by atoms with Crippen LogP contribution in [-0.2, 0) is 0 Å². The van der Waals surface area contributed by atoms with Crippen molar-refractivity contribution in [3.05, 3.63) is 46.4 Å². The van der Waals surface area contributed by atoms with Crippen LogP contribution in [0, 0.1) is 12.7 Å². The molecule has 0 aliphatic rings. The molecule has 2 rings (SSSR count). The maximum absolute atomic E-state index is 13.4. The van der Waals surface area contributed by atoms with Crippen molar-refractivity contribution in [1.29, 1.82) is 0 Å². The van der Waals surface area contributed by atoms with E-state index < -0.39 is 0 Å². The van der Waals surface area contributed by atoms with E-state index in [1.54, 1.807) is 24.5 Å². The first-order valence-electron chi connectivity index (χ1n) is 4.66. The molecule has 0 atom stereocenters. The molecule has 1 aromatic carbocycles. The predicted molar refractivity (Wildman–Crippen MR) is 64.2 cm³/mol. The van der Waals surface area contributed by atoms with Crippen LogP contribution < -0.4 is 5.32 Å². The molecule has 0 saturated carbocycles. The maximum Gasteiger partial charge on any atom is 0.227 e. The Morgan fingerprint density at radius 3 is 2.62 bits per heavy atom. The summed E-state index contributed by atoms with van der Waals surface area (Å²) in [4.78, 5) is 8.02. The number of benzene rings is 1. The lowest BCUT2D eigenvalue weighted by Gasteiger charge is -2.06. The Kier molecular flexibility index (Phi) is 3.14. The van der Waals surface area contributed by atoms with Crippen molar-refractivity contribution in [3.63, 3.8) is 0 Å².